The molecule has 2 atom stereocenters. The molecule has 0 spiro atoms. The third-order valence-electron chi connectivity index (χ3n) is 1.68. The zero-order chi connectivity index (χ0) is 9.84. The summed E-state index contributed by atoms with van der Waals surface area (Å²) in [6, 6.07) is 3.50. The van der Waals surface area contributed by atoms with Crippen molar-refractivity contribution in [2.45, 2.75) is 12.2 Å². The molecule has 0 fully saturated rings. The van der Waals surface area contributed by atoms with Crippen molar-refractivity contribution in [3.63, 3.8) is 0 Å². The minimum absolute atomic E-state index is 0.00109. The van der Waals surface area contributed by atoms with E-state index in [1.54, 1.807) is 11.4 Å². The van der Waals surface area contributed by atoms with Crippen molar-refractivity contribution in [3.8, 4) is 6.07 Å². The van der Waals surface area contributed by atoms with E-state index in [9.17, 15) is 10.2 Å². The monoisotopic (exact) mass is 198 g/mol. The third kappa shape index (κ3) is 2.26. The Morgan fingerprint density at radius 1 is 1.62 bits per heavy atom. The predicted molar refractivity (Wildman–Crippen MR) is 49.1 cm³/mol. The number of nitrogens with zero attached hydrogens (tertiary/aromatic N) is 1. The molecule has 0 saturated carbocycles. The third-order valence-corrected chi connectivity index (χ3v) is 2.53. The minimum atomic E-state index is -0.997. The molecule has 4 nitrogen and oxygen atoms in total. The largest absolute Gasteiger partial charge is 0.389 e. The first-order valence-corrected chi connectivity index (χ1v) is 4.61. The fourth-order valence-electron chi connectivity index (χ4n) is 0.916. The molecule has 4 N–H and O–H groups in total. The molecule has 0 aromatic carbocycles. The van der Waals surface area contributed by atoms with Crippen molar-refractivity contribution >= 4 is 11.3 Å². The van der Waals surface area contributed by atoms with Gasteiger partial charge in [-0.15, -0.1) is 11.3 Å². The van der Waals surface area contributed by atoms with Crippen LogP contribution in [0.5, 0.6) is 0 Å². The smallest absolute Gasteiger partial charge is 0.110 e. The van der Waals surface area contributed by atoms with E-state index in [0.717, 1.165) is 0 Å². The average Bonchev–Trinajstić information content (AvgIpc) is 2.63. The molecule has 70 valence electrons. The molecule has 1 rings (SSSR count). The highest BCUT2D eigenvalue weighted by atomic mass is 32.1. The molecule has 0 aliphatic carbocycles. The first kappa shape index (κ1) is 10.2. The second-order valence-corrected chi connectivity index (χ2v) is 3.52. The van der Waals surface area contributed by atoms with Gasteiger partial charge >= 0.3 is 0 Å². The van der Waals surface area contributed by atoms with Gasteiger partial charge in [0.1, 0.15) is 17.1 Å². The molecule has 0 saturated heterocycles. The van der Waals surface area contributed by atoms with E-state index in [-0.39, 0.29) is 6.54 Å². The molecule has 1 aromatic heterocycles. The molecule has 0 radical (unpaired) electrons. The molecule has 1 aromatic rings. The zero-order valence-corrected chi connectivity index (χ0v) is 7.66. The van der Waals surface area contributed by atoms with E-state index < -0.39 is 12.2 Å². The topological polar surface area (TPSA) is 90.3 Å². The van der Waals surface area contributed by atoms with Crippen LogP contribution in [0.15, 0.2) is 11.4 Å². The lowest BCUT2D eigenvalue weighted by Crippen LogP contribution is -2.26. The number of nitriles is 1. The lowest BCUT2D eigenvalue weighted by Gasteiger charge is -2.13. The average molecular weight is 198 g/mol. The Hall–Kier alpha value is -0.930. The SMILES string of the molecule is N#Cc1cc(C(O)C(O)CN)cs1. The van der Waals surface area contributed by atoms with Gasteiger partial charge in [-0.3, -0.25) is 0 Å². The Morgan fingerprint density at radius 2 is 2.31 bits per heavy atom. The van der Waals surface area contributed by atoms with E-state index in [1.807, 2.05) is 6.07 Å². The molecular weight excluding hydrogens is 188 g/mol. The van der Waals surface area contributed by atoms with Gasteiger partial charge in [0.25, 0.3) is 0 Å². The van der Waals surface area contributed by atoms with Crippen LogP contribution in [0.25, 0.3) is 0 Å². The molecule has 0 amide bonds. The van der Waals surface area contributed by atoms with Crippen LogP contribution >= 0.6 is 11.3 Å². The van der Waals surface area contributed by atoms with E-state index in [1.165, 1.54) is 11.3 Å². The molecule has 2 unspecified atom stereocenters. The molecule has 1 heterocycles. The maximum atomic E-state index is 9.47. The van der Waals surface area contributed by atoms with Crippen LogP contribution in [0.3, 0.4) is 0 Å². The number of aliphatic hydroxyl groups excluding tert-OH is 2. The molecule has 13 heavy (non-hydrogen) atoms. The second kappa shape index (κ2) is 4.35. The molecular formula is C8H10N2O2S. The van der Waals surface area contributed by atoms with Gasteiger partial charge in [0.15, 0.2) is 0 Å². The van der Waals surface area contributed by atoms with Crippen molar-refractivity contribution in [3.05, 3.63) is 21.9 Å². The summed E-state index contributed by atoms with van der Waals surface area (Å²) in [5.41, 5.74) is 5.72. The van der Waals surface area contributed by atoms with Crippen LogP contribution in [-0.4, -0.2) is 22.9 Å². The highest BCUT2D eigenvalue weighted by Gasteiger charge is 2.17. The summed E-state index contributed by atoms with van der Waals surface area (Å²) in [5.74, 6) is 0. The predicted octanol–water partition coefficient (Wildman–Crippen LogP) is -0.0272. The normalized spacial score (nSPS) is 14.9. The summed E-state index contributed by atoms with van der Waals surface area (Å²) >= 11 is 1.23. The van der Waals surface area contributed by atoms with Gasteiger partial charge in [-0.2, -0.15) is 5.26 Å². The number of hydrogen-bond acceptors (Lipinski definition) is 5. The minimum Gasteiger partial charge on any atom is -0.389 e. The van der Waals surface area contributed by atoms with Crippen LogP contribution < -0.4 is 5.73 Å². The van der Waals surface area contributed by atoms with Gasteiger partial charge < -0.3 is 15.9 Å². The maximum absolute atomic E-state index is 9.47. The number of aliphatic hydroxyl groups is 2. The van der Waals surface area contributed by atoms with E-state index >= 15 is 0 Å². The van der Waals surface area contributed by atoms with Crippen LogP contribution in [0.2, 0.25) is 0 Å². The molecule has 0 aliphatic rings. The Morgan fingerprint density at radius 3 is 2.77 bits per heavy atom. The van der Waals surface area contributed by atoms with E-state index in [0.29, 0.717) is 10.4 Å². The zero-order valence-electron chi connectivity index (χ0n) is 6.84. The number of thiophene rings is 1. The summed E-state index contributed by atoms with van der Waals surface area (Å²) in [7, 11) is 0. The Balaban J connectivity index is 2.78. The summed E-state index contributed by atoms with van der Waals surface area (Å²) < 4.78 is 0. The maximum Gasteiger partial charge on any atom is 0.110 e. The van der Waals surface area contributed by atoms with Gasteiger partial charge in [-0.1, -0.05) is 0 Å². The van der Waals surface area contributed by atoms with E-state index in [2.05, 4.69) is 0 Å². The summed E-state index contributed by atoms with van der Waals surface area (Å²) in [6.45, 7) is -0.00109. The second-order valence-electron chi connectivity index (χ2n) is 2.60. The fraction of sp³-hybridized carbons (Fsp3) is 0.375. The van der Waals surface area contributed by atoms with Gasteiger partial charge in [0.2, 0.25) is 0 Å². The summed E-state index contributed by atoms with van der Waals surface area (Å²) in [5, 5.41) is 28.8. The number of hydrogen-bond donors (Lipinski definition) is 3. The number of rotatable bonds is 3. The molecule has 0 aliphatic heterocycles. The van der Waals surface area contributed by atoms with Crippen molar-refractivity contribution in [1.82, 2.24) is 0 Å². The standard InChI is InChI=1S/C8H10N2O2S/c9-2-6-1-5(4-13-6)8(12)7(11)3-10/h1,4,7-8,11-12H,3,10H2. The lowest BCUT2D eigenvalue weighted by molar-refractivity contribution is 0.0246. The fourth-order valence-corrected chi connectivity index (χ4v) is 1.64. The van der Waals surface area contributed by atoms with Crippen molar-refractivity contribution in [1.29, 1.82) is 5.26 Å². The first-order valence-electron chi connectivity index (χ1n) is 3.73. The van der Waals surface area contributed by atoms with Gasteiger partial charge in [0, 0.05) is 6.54 Å². The van der Waals surface area contributed by atoms with E-state index in [4.69, 9.17) is 11.0 Å². The summed E-state index contributed by atoms with van der Waals surface area (Å²) in [6.07, 6.45) is -1.97. The van der Waals surface area contributed by atoms with Gasteiger partial charge in [-0.05, 0) is 17.0 Å². The lowest BCUT2D eigenvalue weighted by atomic mass is 10.1. The van der Waals surface area contributed by atoms with Crippen molar-refractivity contribution in [2.24, 2.45) is 5.73 Å². The van der Waals surface area contributed by atoms with Crippen LogP contribution in [0.4, 0.5) is 0 Å². The Kier molecular flexibility index (Phi) is 3.39. The van der Waals surface area contributed by atoms with Crippen molar-refractivity contribution in [2.75, 3.05) is 6.54 Å². The Bertz CT molecular complexity index is 318. The van der Waals surface area contributed by atoms with Gasteiger partial charge in [-0.25, -0.2) is 0 Å². The van der Waals surface area contributed by atoms with Crippen LogP contribution in [0.1, 0.15) is 16.5 Å². The van der Waals surface area contributed by atoms with Crippen molar-refractivity contribution < 1.29 is 10.2 Å². The van der Waals surface area contributed by atoms with Gasteiger partial charge in [0.05, 0.1) is 6.10 Å². The Labute approximate surface area is 79.9 Å². The van der Waals surface area contributed by atoms with Crippen LogP contribution in [-0.2, 0) is 0 Å². The first-order chi connectivity index (χ1) is 6.19. The number of nitrogens with two attached hydrogens (primary N) is 1. The quantitative estimate of drug-likeness (QED) is 0.636. The molecule has 0 bridgehead atoms. The van der Waals surface area contributed by atoms with Crippen LogP contribution in [0, 0.1) is 11.3 Å². The highest BCUT2D eigenvalue weighted by molar-refractivity contribution is 7.10. The molecule has 5 heteroatoms. The summed E-state index contributed by atoms with van der Waals surface area (Å²) in [4.78, 5) is 0.512. The highest BCUT2D eigenvalue weighted by Crippen LogP contribution is 2.22.